The molecule has 0 radical (unpaired) electrons. The van der Waals surface area contributed by atoms with E-state index < -0.39 is 0 Å². The van der Waals surface area contributed by atoms with Gasteiger partial charge in [-0.2, -0.15) is 0 Å². The van der Waals surface area contributed by atoms with E-state index in [0.29, 0.717) is 0 Å². The first kappa shape index (κ1) is 7.49. The van der Waals surface area contributed by atoms with Crippen LogP contribution in [0.4, 0.5) is 5.13 Å². The minimum atomic E-state index is 0.843. The van der Waals surface area contributed by atoms with Crippen LogP contribution in [0.15, 0.2) is 3.92 Å². The van der Waals surface area contributed by atoms with Crippen LogP contribution in [0.25, 0.3) is 0 Å². The Bertz CT molecular complexity index is 246. The standard InChI is InChI=1S/C6H8BrN3S/c7-5-9-10-6(11-5)8-3-4-1-2-4/h4H,1-3H2,(H,8,10). The molecule has 1 aromatic heterocycles. The zero-order valence-corrected chi connectivity index (χ0v) is 8.28. The highest BCUT2D eigenvalue weighted by atomic mass is 79.9. The van der Waals surface area contributed by atoms with Gasteiger partial charge >= 0.3 is 0 Å². The molecule has 11 heavy (non-hydrogen) atoms. The van der Waals surface area contributed by atoms with Crippen LogP contribution in [0.5, 0.6) is 0 Å². The first-order chi connectivity index (χ1) is 5.34. The molecule has 1 fully saturated rings. The predicted molar refractivity (Wildman–Crippen MR) is 48.8 cm³/mol. The van der Waals surface area contributed by atoms with E-state index in [4.69, 9.17) is 0 Å². The maximum absolute atomic E-state index is 3.93. The van der Waals surface area contributed by atoms with Crippen LogP contribution < -0.4 is 5.32 Å². The van der Waals surface area contributed by atoms with Crippen molar-refractivity contribution in [1.29, 1.82) is 0 Å². The number of halogens is 1. The second-order valence-electron chi connectivity index (χ2n) is 2.68. The molecule has 0 saturated heterocycles. The molecule has 1 aromatic rings. The van der Waals surface area contributed by atoms with Crippen molar-refractivity contribution in [2.24, 2.45) is 5.92 Å². The number of aromatic nitrogens is 2. The molecule has 0 aromatic carbocycles. The van der Waals surface area contributed by atoms with Gasteiger partial charge in [0, 0.05) is 6.54 Å². The van der Waals surface area contributed by atoms with Crippen molar-refractivity contribution in [2.45, 2.75) is 12.8 Å². The van der Waals surface area contributed by atoms with Gasteiger partial charge in [0.15, 0.2) is 3.92 Å². The van der Waals surface area contributed by atoms with E-state index in [9.17, 15) is 0 Å². The lowest BCUT2D eigenvalue weighted by atomic mass is 10.4. The minimum Gasteiger partial charge on any atom is -0.360 e. The SMILES string of the molecule is Brc1nnc(NCC2CC2)s1. The third-order valence-corrected chi connectivity index (χ3v) is 2.95. The predicted octanol–water partition coefficient (Wildman–Crippen LogP) is 2.12. The molecular weight excluding hydrogens is 226 g/mol. The number of hydrogen-bond donors (Lipinski definition) is 1. The second kappa shape index (κ2) is 3.06. The lowest BCUT2D eigenvalue weighted by molar-refractivity contribution is 0.881. The fraction of sp³-hybridized carbons (Fsp3) is 0.667. The molecule has 1 aliphatic rings. The summed E-state index contributed by atoms with van der Waals surface area (Å²) in [6, 6.07) is 0. The van der Waals surface area contributed by atoms with E-state index in [-0.39, 0.29) is 0 Å². The first-order valence-electron chi connectivity index (χ1n) is 3.57. The fourth-order valence-corrected chi connectivity index (χ4v) is 1.85. The molecule has 3 nitrogen and oxygen atoms in total. The molecule has 60 valence electrons. The van der Waals surface area contributed by atoms with Gasteiger partial charge in [-0.05, 0) is 34.7 Å². The molecule has 0 bridgehead atoms. The monoisotopic (exact) mass is 233 g/mol. The summed E-state index contributed by atoms with van der Waals surface area (Å²) in [6.07, 6.45) is 2.74. The lowest BCUT2D eigenvalue weighted by Crippen LogP contribution is -2.02. The van der Waals surface area contributed by atoms with E-state index in [2.05, 4.69) is 31.4 Å². The van der Waals surface area contributed by atoms with E-state index in [1.807, 2.05) is 0 Å². The molecule has 5 heteroatoms. The van der Waals surface area contributed by atoms with Gasteiger partial charge in [0.05, 0.1) is 0 Å². The van der Waals surface area contributed by atoms with E-state index in [1.165, 1.54) is 12.8 Å². The molecule has 0 atom stereocenters. The number of hydrogen-bond acceptors (Lipinski definition) is 4. The average Bonchev–Trinajstić information content (AvgIpc) is 2.72. The Balaban J connectivity index is 1.85. The van der Waals surface area contributed by atoms with Crippen LogP contribution in [0.2, 0.25) is 0 Å². The van der Waals surface area contributed by atoms with Crippen molar-refractivity contribution >= 4 is 32.4 Å². The van der Waals surface area contributed by atoms with Crippen LogP contribution >= 0.6 is 27.3 Å². The summed E-state index contributed by atoms with van der Waals surface area (Å²) in [4.78, 5) is 0. The van der Waals surface area contributed by atoms with Crippen molar-refractivity contribution in [1.82, 2.24) is 10.2 Å². The summed E-state index contributed by atoms with van der Waals surface area (Å²) in [5.74, 6) is 0.887. The largest absolute Gasteiger partial charge is 0.360 e. The molecular formula is C6H8BrN3S. The highest BCUT2D eigenvalue weighted by molar-refractivity contribution is 9.11. The van der Waals surface area contributed by atoms with Gasteiger partial charge in [-0.3, -0.25) is 0 Å². The van der Waals surface area contributed by atoms with Gasteiger partial charge in [0.25, 0.3) is 0 Å². The maximum atomic E-state index is 3.93. The highest BCUT2D eigenvalue weighted by Gasteiger charge is 2.20. The topological polar surface area (TPSA) is 37.8 Å². The van der Waals surface area contributed by atoms with E-state index in [0.717, 1.165) is 21.5 Å². The molecule has 0 amide bonds. The Morgan fingerprint density at radius 3 is 2.91 bits per heavy atom. The summed E-state index contributed by atoms with van der Waals surface area (Å²) in [7, 11) is 0. The van der Waals surface area contributed by atoms with Crippen LogP contribution in [0.3, 0.4) is 0 Å². The van der Waals surface area contributed by atoms with Crippen LogP contribution in [0, 0.1) is 5.92 Å². The molecule has 0 spiro atoms. The maximum Gasteiger partial charge on any atom is 0.206 e. The molecule has 1 aliphatic carbocycles. The minimum absolute atomic E-state index is 0.843. The molecule has 0 aliphatic heterocycles. The number of rotatable bonds is 3. The summed E-state index contributed by atoms with van der Waals surface area (Å²) in [5, 5.41) is 11.9. The Morgan fingerprint density at radius 2 is 2.36 bits per heavy atom. The quantitative estimate of drug-likeness (QED) is 0.870. The summed E-state index contributed by atoms with van der Waals surface area (Å²) >= 11 is 4.80. The first-order valence-corrected chi connectivity index (χ1v) is 5.18. The highest BCUT2D eigenvalue weighted by Crippen LogP contribution is 2.29. The molecule has 1 heterocycles. The molecule has 0 unspecified atom stereocenters. The Morgan fingerprint density at radius 1 is 1.55 bits per heavy atom. The third kappa shape index (κ3) is 2.13. The van der Waals surface area contributed by atoms with Crippen molar-refractivity contribution in [3.8, 4) is 0 Å². The van der Waals surface area contributed by atoms with Crippen LogP contribution in [-0.4, -0.2) is 16.7 Å². The summed E-state index contributed by atoms with van der Waals surface area (Å²) in [6.45, 7) is 1.06. The second-order valence-corrected chi connectivity index (χ2v) is 4.94. The van der Waals surface area contributed by atoms with Crippen LogP contribution in [0.1, 0.15) is 12.8 Å². The van der Waals surface area contributed by atoms with Gasteiger partial charge in [-0.15, -0.1) is 10.2 Å². The van der Waals surface area contributed by atoms with Crippen molar-refractivity contribution in [3.05, 3.63) is 3.92 Å². The molecule has 2 rings (SSSR count). The van der Waals surface area contributed by atoms with Gasteiger partial charge in [0.2, 0.25) is 5.13 Å². The summed E-state index contributed by atoms with van der Waals surface area (Å²) < 4.78 is 0.843. The number of anilines is 1. The number of nitrogens with one attached hydrogen (secondary N) is 1. The normalized spacial score (nSPS) is 16.8. The zero-order valence-electron chi connectivity index (χ0n) is 5.88. The van der Waals surface area contributed by atoms with Crippen molar-refractivity contribution in [2.75, 3.05) is 11.9 Å². The Kier molecular flexibility index (Phi) is 2.09. The zero-order chi connectivity index (χ0) is 7.68. The van der Waals surface area contributed by atoms with Gasteiger partial charge < -0.3 is 5.32 Å². The van der Waals surface area contributed by atoms with E-state index in [1.54, 1.807) is 11.3 Å². The molecule has 1 saturated carbocycles. The third-order valence-electron chi connectivity index (χ3n) is 1.64. The van der Waals surface area contributed by atoms with Gasteiger partial charge in [-0.25, -0.2) is 0 Å². The average molecular weight is 234 g/mol. The molecule has 1 N–H and O–H groups in total. The van der Waals surface area contributed by atoms with Crippen molar-refractivity contribution < 1.29 is 0 Å². The summed E-state index contributed by atoms with van der Waals surface area (Å²) in [5.41, 5.74) is 0. The van der Waals surface area contributed by atoms with Crippen LogP contribution in [-0.2, 0) is 0 Å². The Labute approximate surface area is 77.4 Å². The van der Waals surface area contributed by atoms with Gasteiger partial charge in [0.1, 0.15) is 0 Å². The fourth-order valence-electron chi connectivity index (χ4n) is 0.830. The smallest absolute Gasteiger partial charge is 0.206 e. The van der Waals surface area contributed by atoms with Crippen molar-refractivity contribution in [3.63, 3.8) is 0 Å². The number of nitrogens with zero attached hydrogens (tertiary/aromatic N) is 2. The lowest BCUT2D eigenvalue weighted by Gasteiger charge is -1.96. The van der Waals surface area contributed by atoms with Gasteiger partial charge in [-0.1, -0.05) is 11.3 Å². The Hall–Kier alpha value is -0.160. The van der Waals surface area contributed by atoms with E-state index >= 15 is 0 Å².